The number of benzene rings is 2. The lowest BCUT2D eigenvalue weighted by Crippen LogP contribution is -2.50. The van der Waals surface area contributed by atoms with Gasteiger partial charge in [-0.3, -0.25) is 24.3 Å². The molecule has 11 heteroatoms. The van der Waals surface area contributed by atoms with Gasteiger partial charge in [0.1, 0.15) is 16.7 Å². The highest BCUT2D eigenvalue weighted by molar-refractivity contribution is 7.09. The summed E-state index contributed by atoms with van der Waals surface area (Å²) in [5, 5.41) is 3.78. The number of carbonyl (C=O) groups is 3. The van der Waals surface area contributed by atoms with Gasteiger partial charge in [0.05, 0.1) is 11.2 Å². The van der Waals surface area contributed by atoms with Gasteiger partial charge in [-0.1, -0.05) is 19.1 Å². The molecule has 0 saturated carbocycles. The third kappa shape index (κ3) is 5.32. The summed E-state index contributed by atoms with van der Waals surface area (Å²) in [5.74, 6) is -2.55. The van der Waals surface area contributed by atoms with Crippen LogP contribution in [-0.4, -0.2) is 32.6 Å². The van der Waals surface area contributed by atoms with E-state index in [1.807, 2.05) is 26.8 Å². The molecule has 1 unspecified atom stereocenters. The maximum absolute atomic E-state index is 14.1. The average molecular weight is 535 g/mol. The number of nitrogens with two attached hydrogens (primary N) is 2. The maximum Gasteiger partial charge on any atom is 0.273 e. The molecule has 4 aromatic rings. The summed E-state index contributed by atoms with van der Waals surface area (Å²) in [6.07, 6.45) is 2.29. The molecule has 0 bridgehead atoms. The van der Waals surface area contributed by atoms with Crippen LogP contribution in [0.2, 0.25) is 0 Å². The van der Waals surface area contributed by atoms with Gasteiger partial charge in [0.25, 0.3) is 11.8 Å². The molecule has 0 saturated heterocycles. The number of primary amides is 1. The van der Waals surface area contributed by atoms with Gasteiger partial charge in [-0.15, -0.1) is 0 Å². The van der Waals surface area contributed by atoms with E-state index in [9.17, 15) is 18.8 Å². The predicted molar refractivity (Wildman–Crippen MR) is 145 cm³/mol. The minimum Gasteiger partial charge on any atom is -0.395 e. The molecule has 5 N–H and O–H groups in total. The van der Waals surface area contributed by atoms with E-state index in [-0.39, 0.29) is 21.9 Å². The normalized spacial score (nSPS) is 12.2. The molecule has 2 aromatic carbocycles. The number of hydrogen-bond donors (Lipinski definition) is 3. The number of fused-ring (bicyclic) bond motifs is 1. The van der Waals surface area contributed by atoms with Crippen molar-refractivity contribution in [3.8, 4) is 0 Å². The molecular formula is C27H27FN6O3S. The van der Waals surface area contributed by atoms with E-state index in [2.05, 4.69) is 14.7 Å². The van der Waals surface area contributed by atoms with Crippen LogP contribution >= 0.6 is 11.5 Å². The minimum atomic E-state index is -1.19. The van der Waals surface area contributed by atoms with Crippen molar-refractivity contribution in [1.82, 2.24) is 14.7 Å². The van der Waals surface area contributed by atoms with Crippen LogP contribution in [0, 0.1) is 5.82 Å². The van der Waals surface area contributed by atoms with Crippen LogP contribution in [0.25, 0.3) is 10.9 Å². The zero-order valence-corrected chi connectivity index (χ0v) is 21.9. The summed E-state index contributed by atoms with van der Waals surface area (Å²) in [6.45, 7) is 5.68. The van der Waals surface area contributed by atoms with Crippen molar-refractivity contribution in [1.29, 1.82) is 0 Å². The summed E-state index contributed by atoms with van der Waals surface area (Å²) < 4.78 is 17.8. The largest absolute Gasteiger partial charge is 0.395 e. The quantitative estimate of drug-likeness (QED) is 0.309. The van der Waals surface area contributed by atoms with E-state index in [0.29, 0.717) is 29.0 Å². The Bertz CT molecular complexity index is 1520. The molecule has 2 heterocycles. The zero-order valence-electron chi connectivity index (χ0n) is 21.1. The SMILES string of the molecule is CCC(C)(C)NC(=O)C(c1ccc2ncccc2c1)N(C(=O)c1snc(C(N)=O)c1N)c1ccc(F)cc1. The molecule has 0 aliphatic heterocycles. The van der Waals surface area contributed by atoms with Crippen molar-refractivity contribution < 1.29 is 18.8 Å². The third-order valence-electron chi connectivity index (χ3n) is 6.27. The van der Waals surface area contributed by atoms with Crippen LogP contribution in [0.15, 0.2) is 60.8 Å². The molecular weight excluding hydrogens is 507 g/mol. The van der Waals surface area contributed by atoms with Crippen molar-refractivity contribution in [3.63, 3.8) is 0 Å². The number of halogens is 1. The molecule has 4 rings (SSSR count). The highest BCUT2D eigenvalue weighted by Gasteiger charge is 2.37. The average Bonchev–Trinajstić information content (AvgIpc) is 3.28. The second kappa shape index (κ2) is 10.5. The minimum absolute atomic E-state index is 0.0712. The molecule has 38 heavy (non-hydrogen) atoms. The van der Waals surface area contributed by atoms with Gasteiger partial charge in [-0.2, -0.15) is 4.37 Å². The second-order valence-electron chi connectivity index (χ2n) is 9.37. The summed E-state index contributed by atoms with van der Waals surface area (Å²) >= 11 is 0.700. The van der Waals surface area contributed by atoms with Gasteiger partial charge >= 0.3 is 0 Å². The number of hydrogen-bond acceptors (Lipinski definition) is 7. The molecule has 196 valence electrons. The number of aromatic nitrogens is 2. The number of amides is 3. The number of pyridine rings is 1. The van der Waals surface area contributed by atoms with Crippen molar-refractivity contribution in [2.75, 3.05) is 10.6 Å². The van der Waals surface area contributed by atoms with E-state index in [1.165, 1.54) is 29.2 Å². The Kier molecular flexibility index (Phi) is 7.40. The molecule has 0 aliphatic carbocycles. The van der Waals surface area contributed by atoms with Crippen molar-refractivity contribution in [2.24, 2.45) is 5.73 Å². The van der Waals surface area contributed by atoms with Gasteiger partial charge in [-0.05, 0) is 79.8 Å². The van der Waals surface area contributed by atoms with Crippen LogP contribution in [0.1, 0.15) is 59.0 Å². The number of nitrogen functional groups attached to an aromatic ring is 1. The molecule has 0 aliphatic rings. The lowest BCUT2D eigenvalue weighted by atomic mass is 9.97. The standard InChI is InChI=1S/C27H27FN6O3S/c1-4-27(2,3)32-25(36)22(16-7-12-19-15(14-16)6-5-13-31-19)34(18-10-8-17(28)9-11-18)26(37)23-20(29)21(24(30)35)33-38-23/h5-14,22H,4,29H2,1-3H3,(H2,30,35)(H,32,36). The molecule has 9 nitrogen and oxygen atoms in total. The molecule has 0 fully saturated rings. The summed E-state index contributed by atoms with van der Waals surface area (Å²) in [4.78, 5) is 45.3. The van der Waals surface area contributed by atoms with Crippen LogP contribution in [0.5, 0.6) is 0 Å². The number of nitrogens with one attached hydrogen (secondary N) is 1. The van der Waals surface area contributed by atoms with Crippen LogP contribution in [0.3, 0.4) is 0 Å². The highest BCUT2D eigenvalue weighted by Crippen LogP contribution is 2.34. The first-order valence-corrected chi connectivity index (χ1v) is 12.6. The molecule has 1 atom stereocenters. The number of nitrogens with zero attached hydrogens (tertiary/aromatic N) is 3. The topological polar surface area (TPSA) is 144 Å². The van der Waals surface area contributed by atoms with E-state index >= 15 is 0 Å². The summed E-state index contributed by atoms with van der Waals surface area (Å²) in [6, 6.07) is 12.9. The predicted octanol–water partition coefficient (Wildman–Crippen LogP) is 4.20. The van der Waals surface area contributed by atoms with Gasteiger partial charge < -0.3 is 16.8 Å². The van der Waals surface area contributed by atoms with Gasteiger partial charge in [-0.25, -0.2) is 4.39 Å². The first-order chi connectivity index (χ1) is 18.0. The number of anilines is 2. The first-order valence-electron chi connectivity index (χ1n) is 11.8. The smallest absolute Gasteiger partial charge is 0.273 e. The molecule has 0 spiro atoms. The van der Waals surface area contributed by atoms with E-state index in [1.54, 1.807) is 30.5 Å². The Hall–Kier alpha value is -4.38. The Morgan fingerprint density at radius 1 is 1.13 bits per heavy atom. The fraction of sp³-hybridized carbons (Fsp3) is 0.222. The fourth-order valence-electron chi connectivity index (χ4n) is 3.90. The van der Waals surface area contributed by atoms with Crippen LogP contribution < -0.4 is 21.7 Å². The Morgan fingerprint density at radius 3 is 2.47 bits per heavy atom. The Labute approximate surface area is 222 Å². The molecule has 0 radical (unpaired) electrons. The zero-order chi connectivity index (χ0) is 27.6. The Balaban J connectivity index is 1.94. The van der Waals surface area contributed by atoms with Gasteiger partial charge in [0.2, 0.25) is 5.91 Å². The maximum atomic E-state index is 14.1. The molecule has 2 aromatic heterocycles. The summed E-state index contributed by atoms with van der Waals surface area (Å²) in [7, 11) is 0. The number of carbonyl (C=O) groups excluding carboxylic acids is 3. The van der Waals surface area contributed by atoms with E-state index in [4.69, 9.17) is 11.5 Å². The van der Waals surface area contributed by atoms with Gasteiger partial charge in [0.15, 0.2) is 5.69 Å². The van der Waals surface area contributed by atoms with Crippen LogP contribution in [0.4, 0.5) is 15.8 Å². The third-order valence-corrected chi connectivity index (χ3v) is 7.12. The van der Waals surface area contributed by atoms with Crippen molar-refractivity contribution in [3.05, 3.63) is 82.7 Å². The highest BCUT2D eigenvalue weighted by atomic mass is 32.1. The lowest BCUT2D eigenvalue weighted by molar-refractivity contribution is -0.124. The van der Waals surface area contributed by atoms with Gasteiger partial charge in [0, 0.05) is 22.8 Å². The fourth-order valence-corrected chi connectivity index (χ4v) is 4.64. The van der Waals surface area contributed by atoms with Crippen molar-refractivity contribution >= 4 is 51.5 Å². The van der Waals surface area contributed by atoms with E-state index < -0.39 is 35.1 Å². The Morgan fingerprint density at radius 2 is 1.84 bits per heavy atom. The molecule has 3 amide bonds. The van der Waals surface area contributed by atoms with Crippen molar-refractivity contribution in [2.45, 2.75) is 38.8 Å². The summed E-state index contributed by atoms with van der Waals surface area (Å²) in [5.41, 5.74) is 11.9. The monoisotopic (exact) mass is 534 g/mol. The number of rotatable bonds is 8. The van der Waals surface area contributed by atoms with Crippen LogP contribution in [-0.2, 0) is 4.79 Å². The van der Waals surface area contributed by atoms with E-state index in [0.717, 1.165) is 5.39 Å². The lowest BCUT2D eigenvalue weighted by Gasteiger charge is -2.34. The second-order valence-corrected chi connectivity index (χ2v) is 10.1. The first kappa shape index (κ1) is 26.7.